The number of nitrogens with zero attached hydrogens (tertiary/aromatic N) is 1. The minimum Gasteiger partial charge on any atom is -0.497 e. The first-order valence-corrected chi connectivity index (χ1v) is 10.2. The molecule has 0 amide bonds. The van der Waals surface area contributed by atoms with Crippen molar-refractivity contribution in [2.75, 3.05) is 7.11 Å². The molecule has 2 aromatic carbocycles. The third-order valence-electron chi connectivity index (χ3n) is 4.65. The molecule has 0 bridgehead atoms. The lowest BCUT2D eigenvalue weighted by atomic mass is 10.0. The van der Waals surface area contributed by atoms with Crippen molar-refractivity contribution < 1.29 is 4.74 Å². The lowest BCUT2D eigenvalue weighted by molar-refractivity contribution is 0.415. The van der Waals surface area contributed by atoms with Crippen LogP contribution in [-0.4, -0.2) is 17.1 Å². The van der Waals surface area contributed by atoms with E-state index in [4.69, 9.17) is 21.3 Å². The van der Waals surface area contributed by atoms with Gasteiger partial charge in [0.15, 0.2) is 0 Å². The number of aryl methyl sites for hydroxylation is 1. The van der Waals surface area contributed by atoms with Gasteiger partial charge in [-0.05, 0) is 41.8 Å². The maximum Gasteiger partial charge on any atom is 0.260 e. The number of ether oxygens (including phenoxy) is 1. The Bertz CT molecular complexity index is 1200. The van der Waals surface area contributed by atoms with Crippen LogP contribution < -0.4 is 10.3 Å². The number of methoxy groups -OCH3 is 1. The van der Waals surface area contributed by atoms with Gasteiger partial charge in [-0.25, -0.2) is 4.98 Å². The SMILES string of the molecule is CCc1sc2nc(Cc3ccc(Cl)cc3)[nH]c(=O)c2c1-c1cccc(OC)c1. The second-order valence-electron chi connectivity index (χ2n) is 6.48. The molecule has 0 atom stereocenters. The number of hydrogen-bond acceptors (Lipinski definition) is 4. The van der Waals surface area contributed by atoms with Crippen LogP contribution in [0.4, 0.5) is 0 Å². The number of benzene rings is 2. The second kappa shape index (κ2) is 7.78. The van der Waals surface area contributed by atoms with E-state index in [-0.39, 0.29) is 5.56 Å². The number of thiophene rings is 1. The van der Waals surface area contributed by atoms with Gasteiger partial charge in [-0.3, -0.25) is 4.79 Å². The highest BCUT2D eigenvalue weighted by atomic mass is 35.5. The molecule has 0 fully saturated rings. The van der Waals surface area contributed by atoms with E-state index in [1.165, 1.54) is 0 Å². The molecule has 28 heavy (non-hydrogen) atoms. The summed E-state index contributed by atoms with van der Waals surface area (Å²) in [6.07, 6.45) is 1.38. The molecule has 0 aliphatic heterocycles. The highest BCUT2D eigenvalue weighted by Crippen LogP contribution is 2.37. The van der Waals surface area contributed by atoms with Gasteiger partial charge in [0.05, 0.1) is 12.5 Å². The largest absolute Gasteiger partial charge is 0.497 e. The predicted octanol–water partition coefficient (Wildman–Crippen LogP) is 5.47. The lowest BCUT2D eigenvalue weighted by Crippen LogP contribution is -2.11. The molecule has 0 radical (unpaired) electrons. The number of aromatic amines is 1. The standard InChI is InChI=1S/C22H19ClN2O2S/c1-3-17-19(14-5-4-6-16(12-14)27-2)20-21(26)24-18(25-22(20)28-17)11-13-7-9-15(23)10-8-13/h4-10,12H,3,11H2,1-2H3,(H,24,25,26). The van der Waals surface area contributed by atoms with Crippen LogP contribution in [0.25, 0.3) is 21.3 Å². The first-order chi connectivity index (χ1) is 13.6. The second-order valence-corrected chi connectivity index (χ2v) is 8.00. The van der Waals surface area contributed by atoms with Gasteiger partial charge in [0.25, 0.3) is 5.56 Å². The van der Waals surface area contributed by atoms with Crippen LogP contribution >= 0.6 is 22.9 Å². The number of hydrogen-bond donors (Lipinski definition) is 1. The monoisotopic (exact) mass is 410 g/mol. The highest BCUT2D eigenvalue weighted by Gasteiger charge is 2.18. The summed E-state index contributed by atoms with van der Waals surface area (Å²) in [7, 11) is 1.64. The molecule has 142 valence electrons. The van der Waals surface area contributed by atoms with Crippen LogP contribution in [-0.2, 0) is 12.8 Å². The summed E-state index contributed by atoms with van der Waals surface area (Å²) < 4.78 is 5.36. The van der Waals surface area contributed by atoms with Gasteiger partial charge in [0.1, 0.15) is 16.4 Å². The van der Waals surface area contributed by atoms with Gasteiger partial charge < -0.3 is 9.72 Å². The highest BCUT2D eigenvalue weighted by molar-refractivity contribution is 7.19. The summed E-state index contributed by atoms with van der Waals surface area (Å²) in [6.45, 7) is 2.09. The van der Waals surface area contributed by atoms with Gasteiger partial charge in [0.2, 0.25) is 0 Å². The molecule has 1 N–H and O–H groups in total. The molecular weight excluding hydrogens is 392 g/mol. The number of H-pyrrole nitrogens is 1. The first-order valence-electron chi connectivity index (χ1n) is 9.02. The van der Waals surface area contributed by atoms with Crippen molar-refractivity contribution in [2.24, 2.45) is 0 Å². The normalized spacial score (nSPS) is 11.1. The molecule has 0 aliphatic carbocycles. The number of nitrogens with one attached hydrogen (secondary N) is 1. The van der Waals surface area contributed by atoms with Crippen LogP contribution in [0.2, 0.25) is 5.02 Å². The number of halogens is 1. The Balaban J connectivity index is 1.83. The van der Waals surface area contributed by atoms with Crippen LogP contribution in [0.1, 0.15) is 23.2 Å². The summed E-state index contributed by atoms with van der Waals surface area (Å²) >= 11 is 7.53. The summed E-state index contributed by atoms with van der Waals surface area (Å²) in [5.74, 6) is 1.42. The molecule has 2 heterocycles. The van der Waals surface area contributed by atoms with Crippen molar-refractivity contribution in [1.29, 1.82) is 0 Å². The molecule has 0 unspecified atom stereocenters. The molecule has 0 spiro atoms. The molecule has 0 saturated heterocycles. The van der Waals surface area contributed by atoms with E-state index in [1.54, 1.807) is 18.4 Å². The summed E-state index contributed by atoms with van der Waals surface area (Å²) in [5, 5.41) is 1.34. The van der Waals surface area contributed by atoms with Gasteiger partial charge in [0, 0.05) is 21.9 Å². The zero-order chi connectivity index (χ0) is 19.7. The van der Waals surface area contributed by atoms with Crippen molar-refractivity contribution in [3.8, 4) is 16.9 Å². The van der Waals surface area contributed by atoms with Crippen molar-refractivity contribution in [2.45, 2.75) is 19.8 Å². The van der Waals surface area contributed by atoms with Crippen LogP contribution in [0.5, 0.6) is 5.75 Å². The molecule has 4 rings (SSSR count). The molecular formula is C22H19ClN2O2S. The molecule has 2 aromatic heterocycles. The topological polar surface area (TPSA) is 55.0 Å². The lowest BCUT2D eigenvalue weighted by Gasteiger charge is -2.06. The molecule has 0 aliphatic rings. The quantitative estimate of drug-likeness (QED) is 0.474. The van der Waals surface area contributed by atoms with Gasteiger partial charge in [-0.1, -0.05) is 42.8 Å². The Kier molecular flexibility index (Phi) is 5.20. The van der Waals surface area contributed by atoms with Crippen molar-refractivity contribution in [3.63, 3.8) is 0 Å². The minimum absolute atomic E-state index is 0.109. The molecule has 4 aromatic rings. The Morgan fingerprint density at radius 1 is 1.18 bits per heavy atom. The fourth-order valence-electron chi connectivity index (χ4n) is 3.31. The van der Waals surface area contributed by atoms with E-state index in [1.807, 2.05) is 48.5 Å². The van der Waals surface area contributed by atoms with E-state index in [0.29, 0.717) is 22.7 Å². The number of rotatable bonds is 5. The Hall–Kier alpha value is -2.63. The first kappa shape index (κ1) is 18.7. The maximum absolute atomic E-state index is 13.0. The van der Waals surface area contributed by atoms with E-state index in [2.05, 4.69) is 11.9 Å². The van der Waals surface area contributed by atoms with Crippen LogP contribution in [0.15, 0.2) is 53.3 Å². The third-order valence-corrected chi connectivity index (χ3v) is 6.13. The van der Waals surface area contributed by atoms with Crippen LogP contribution in [0, 0.1) is 0 Å². The van der Waals surface area contributed by atoms with Gasteiger partial charge >= 0.3 is 0 Å². The molecule has 4 nitrogen and oxygen atoms in total. The summed E-state index contributed by atoms with van der Waals surface area (Å²) in [6, 6.07) is 15.4. The Morgan fingerprint density at radius 2 is 1.96 bits per heavy atom. The van der Waals surface area contributed by atoms with E-state index < -0.39 is 0 Å². The van der Waals surface area contributed by atoms with Crippen molar-refractivity contribution in [1.82, 2.24) is 9.97 Å². The Morgan fingerprint density at radius 3 is 2.68 bits per heavy atom. The molecule has 0 saturated carbocycles. The fourth-order valence-corrected chi connectivity index (χ4v) is 4.59. The third kappa shape index (κ3) is 3.55. The van der Waals surface area contributed by atoms with Crippen molar-refractivity contribution in [3.05, 3.63) is 80.2 Å². The average molecular weight is 411 g/mol. The zero-order valence-corrected chi connectivity index (χ0v) is 17.2. The smallest absolute Gasteiger partial charge is 0.260 e. The summed E-state index contributed by atoms with van der Waals surface area (Å²) in [5.41, 5.74) is 2.86. The minimum atomic E-state index is -0.109. The average Bonchev–Trinajstić information content (AvgIpc) is 3.09. The predicted molar refractivity (Wildman–Crippen MR) is 116 cm³/mol. The Labute approximate surface area is 171 Å². The zero-order valence-electron chi connectivity index (χ0n) is 15.6. The molecule has 6 heteroatoms. The number of aromatic nitrogens is 2. The van der Waals surface area contributed by atoms with E-state index >= 15 is 0 Å². The maximum atomic E-state index is 13.0. The number of fused-ring (bicyclic) bond motifs is 1. The van der Waals surface area contributed by atoms with E-state index in [0.717, 1.165) is 38.6 Å². The van der Waals surface area contributed by atoms with Gasteiger partial charge in [-0.2, -0.15) is 0 Å². The van der Waals surface area contributed by atoms with Crippen molar-refractivity contribution >= 4 is 33.2 Å². The van der Waals surface area contributed by atoms with Gasteiger partial charge in [-0.15, -0.1) is 11.3 Å². The van der Waals surface area contributed by atoms with Crippen LogP contribution in [0.3, 0.4) is 0 Å². The summed E-state index contributed by atoms with van der Waals surface area (Å²) in [4.78, 5) is 22.6. The van der Waals surface area contributed by atoms with E-state index in [9.17, 15) is 4.79 Å². The fraction of sp³-hybridized carbons (Fsp3) is 0.182.